The molecule has 6 nitrogen and oxygen atoms in total. The molecule has 0 aliphatic rings. The Balaban J connectivity index is 2.39. The highest BCUT2D eigenvalue weighted by molar-refractivity contribution is 5.90. The van der Waals surface area contributed by atoms with Crippen LogP contribution in [0.5, 0.6) is 0 Å². The van der Waals surface area contributed by atoms with Crippen LogP contribution in [0.4, 0.5) is 11.8 Å². The van der Waals surface area contributed by atoms with E-state index in [-0.39, 0.29) is 12.6 Å². The molecule has 1 atom stereocenters. The van der Waals surface area contributed by atoms with Crippen molar-refractivity contribution in [3.05, 3.63) is 24.3 Å². The Labute approximate surface area is 111 Å². The van der Waals surface area contributed by atoms with E-state index in [4.69, 9.17) is 4.74 Å². The summed E-state index contributed by atoms with van der Waals surface area (Å²) in [5, 5.41) is 16.3. The largest absolute Gasteiger partial charge is 0.394 e. The van der Waals surface area contributed by atoms with E-state index in [0.29, 0.717) is 18.4 Å². The number of methoxy groups -OCH3 is 1. The SMILES string of the molecule is CNc1nc(NC(CO)COC)c2ccccc2n1. The fourth-order valence-corrected chi connectivity index (χ4v) is 1.83. The molecule has 0 bridgehead atoms. The molecule has 0 aliphatic heterocycles. The second-order valence-electron chi connectivity index (χ2n) is 4.14. The number of anilines is 2. The Morgan fingerprint density at radius 2 is 2.11 bits per heavy atom. The molecule has 0 radical (unpaired) electrons. The van der Waals surface area contributed by atoms with Crippen molar-refractivity contribution in [2.24, 2.45) is 0 Å². The number of rotatable bonds is 6. The van der Waals surface area contributed by atoms with Crippen LogP contribution in [0.15, 0.2) is 24.3 Å². The van der Waals surface area contributed by atoms with Crippen LogP contribution in [0, 0.1) is 0 Å². The zero-order valence-corrected chi connectivity index (χ0v) is 11.1. The molecule has 102 valence electrons. The first-order chi connectivity index (χ1) is 9.28. The number of hydrogen-bond acceptors (Lipinski definition) is 6. The van der Waals surface area contributed by atoms with E-state index in [1.54, 1.807) is 14.2 Å². The number of para-hydroxylation sites is 1. The summed E-state index contributed by atoms with van der Waals surface area (Å²) < 4.78 is 5.05. The van der Waals surface area contributed by atoms with Crippen LogP contribution in [0.1, 0.15) is 0 Å². The Morgan fingerprint density at radius 3 is 2.79 bits per heavy atom. The predicted molar refractivity (Wildman–Crippen MR) is 75.5 cm³/mol. The molecule has 0 saturated heterocycles. The smallest absolute Gasteiger partial charge is 0.224 e. The molecule has 6 heteroatoms. The van der Waals surface area contributed by atoms with Gasteiger partial charge in [-0.2, -0.15) is 4.98 Å². The quantitative estimate of drug-likeness (QED) is 0.723. The van der Waals surface area contributed by atoms with Gasteiger partial charge in [-0.15, -0.1) is 0 Å². The average Bonchev–Trinajstić information content (AvgIpc) is 2.46. The summed E-state index contributed by atoms with van der Waals surface area (Å²) >= 11 is 0. The summed E-state index contributed by atoms with van der Waals surface area (Å²) in [5.74, 6) is 1.22. The predicted octanol–water partition coefficient (Wildman–Crippen LogP) is 1.09. The van der Waals surface area contributed by atoms with Crippen LogP contribution in [0.2, 0.25) is 0 Å². The van der Waals surface area contributed by atoms with Gasteiger partial charge in [-0.25, -0.2) is 4.98 Å². The first-order valence-corrected chi connectivity index (χ1v) is 6.09. The molecule has 0 saturated carbocycles. The van der Waals surface area contributed by atoms with Gasteiger partial charge in [0.05, 0.1) is 24.8 Å². The van der Waals surface area contributed by atoms with Crippen LogP contribution in [-0.2, 0) is 4.74 Å². The van der Waals surface area contributed by atoms with Crippen LogP contribution >= 0.6 is 0 Å². The zero-order valence-electron chi connectivity index (χ0n) is 11.1. The number of nitrogens with zero attached hydrogens (tertiary/aromatic N) is 2. The third kappa shape index (κ3) is 3.10. The number of fused-ring (bicyclic) bond motifs is 1. The van der Waals surface area contributed by atoms with Crippen LogP contribution < -0.4 is 10.6 Å². The molecule has 2 aromatic rings. The first-order valence-electron chi connectivity index (χ1n) is 6.09. The van der Waals surface area contributed by atoms with E-state index < -0.39 is 0 Å². The molecule has 0 fully saturated rings. The monoisotopic (exact) mass is 262 g/mol. The minimum Gasteiger partial charge on any atom is -0.394 e. The minimum atomic E-state index is -0.201. The van der Waals surface area contributed by atoms with Crippen LogP contribution in [-0.4, -0.2) is 48.5 Å². The summed E-state index contributed by atoms with van der Waals surface area (Å²) in [6, 6.07) is 7.52. The van der Waals surface area contributed by atoms with Crippen molar-refractivity contribution < 1.29 is 9.84 Å². The van der Waals surface area contributed by atoms with Gasteiger partial charge in [-0.05, 0) is 12.1 Å². The molecule has 1 aromatic heterocycles. The van der Waals surface area contributed by atoms with E-state index >= 15 is 0 Å². The van der Waals surface area contributed by atoms with E-state index in [2.05, 4.69) is 20.6 Å². The third-order valence-electron chi connectivity index (χ3n) is 2.76. The summed E-state index contributed by atoms with van der Waals surface area (Å²) in [4.78, 5) is 8.77. The van der Waals surface area contributed by atoms with Gasteiger partial charge in [-0.3, -0.25) is 0 Å². The number of hydrogen-bond donors (Lipinski definition) is 3. The van der Waals surface area contributed by atoms with Crippen molar-refractivity contribution in [3.63, 3.8) is 0 Å². The second-order valence-corrected chi connectivity index (χ2v) is 4.14. The lowest BCUT2D eigenvalue weighted by molar-refractivity contribution is 0.153. The Kier molecular flexibility index (Phi) is 4.48. The molecule has 1 aromatic carbocycles. The van der Waals surface area contributed by atoms with Gasteiger partial charge in [0.15, 0.2) is 0 Å². The lowest BCUT2D eigenvalue weighted by Crippen LogP contribution is -2.29. The maximum absolute atomic E-state index is 9.32. The Morgan fingerprint density at radius 1 is 1.32 bits per heavy atom. The molecule has 0 aliphatic carbocycles. The highest BCUT2D eigenvalue weighted by atomic mass is 16.5. The van der Waals surface area contributed by atoms with Crippen LogP contribution in [0.25, 0.3) is 10.9 Å². The van der Waals surface area contributed by atoms with E-state index in [1.807, 2.05) is 24.3 Å². The number of aliphatic hydroxyl groups is 1. The lowest BCUT2D eigenvalue weighted by atomic mass is 10.2. The molecule has 1 unspecified atom stereocenters. The molecule has 19 heavy (non-hydrogen) atoms. The molecule has 2 rings (SSSR count). The zero-order chi connectivity index (χ0) is 13.7. The highest BCUT2D eigenvalue weighted by Gasteiger charge is 2.12. The van der Waals surface area contributed by atoms with E-state index in [0.717, 1.165) is 10.9 Å². The number of benzene rings is 1. The lowest BCUT2D eigenvalue weighted by Gasteiger charge is -2.17. The van der Waals surface area contributed by atoms with Gasteiger partial charge >= 0.3 is 0 Å². The fourth-order valence-electron chi connectivity index (χ4n) is 1.83. The highest BCUT2D eigenvalue weighted by Crippen LogP contribution is 2.22. The van der Waals surface area contributed by atoms with Crippen molar-refractivity contribution in [3.8, 4) is 0 Å². The van der Waals surface area contributed by atoms with Crippen molar-refractivity contribution in [1.29, 1.82) is 0 Å². The third-order valence-corrected chi connectivity index (χ3v) is 2.76. The Bertz CT molecular complexity index is 547. The van der Waals surface area contributed by atoms with Gasteiger partial charge in [-0.1, -0.05) is 12.1 Å². The molecule has 0 amide bonds. The maximum atomic E-state index is 9.32. The normalized spacial score (nSPS) is 12.4. The number of ether oxygens (including phenoxy) is 1. The van der Waals surface area contributed by atoms with Gasteiger partial charge in [0, 0.05) is 19.5 Å². The summed E-state index contributed by atoms with van der Waals surface area (Å²) in [5.41, 5.74) is 0.846. The molecule has 0 spiro atoms. The van der Waals surface area contributed by atoms with Crippen molar-refractivity contribution in [1.82, 2.24) is 9.97 Å². The van der Waals surface area contributed by atoms with E-state index in [9.17, 15) is 5.11 Å². The fraction of sp³-hybridized carbons (Fsp3) is 0.385. The van der Waals surface area contributed by atoms with Gasteiger partial charge in [0.25, 0.3) is 0 Å². The topological polar surface area (TPSA) is 79.3 Å². The van der Waals surface area contributed by atoms with Gasteiger partial charge in [0.2, 0.25) is 5.95 Å². The molecule has 3 N–H and O–H groups in total. The molecule has 1 heterocycles. The first kappa shape index (κ1) is 13.5. The van der Waals surface area contributed by atoms with Gasteiger partial charge < -0.3 is 20.5 Å². The minimum absolute atomic E-state index is 0.0267. The summed E-state index contributed by atoms with van der Waals surface area (Å²) in [7, 11) is 3.37. The van der Waals surface area contributed by atoms with Crippen molar-refractivity contribution in [2.75, 3.05) is 38.0 Å². The Hall–Kier alpha value is -1.92. The number of aliphatic hydroxyl groups excluding tert-OH is 1. The van der Waals surface area contributed by atoms with Gasteiger partial charge in [0.1, 0.15) is 5.82 Å². The number of aromatic nitrogens is 2. The maximum Gasteiger partial charge on any atom is 0.224 e. The van der Waals surface area contributed by atoms with E-state index in [1.165, 1.54) is 0 Å². The number of nitrogens with one attached hydrogen (secondary N) is 2. The second kappa shape index (κ2) is 6.31. The van der Waals surface area contributed by atoms with Crippen molar-refractivity contribution >= 4 is 22.7 Å². The van der Waals surface area contributed by atoms with Crippen LogP contribution in [0.3, 0.4) is 0 Å². The summed E-state index contributed by atoms with van der Waals surface area (Å²) in [6.45, 7) is 0.380. The average molecular weight is 262 g/mol. The molecular weight excluding hydrogens is 244 g/mol. The molecular formula is C13H18N4O2. The van der Waals surface area contributed by atoms with Crippen molar-refractivity contribution in [2.45, 2.75) is 6.04 Å². The summed E-state index contributed by atoms with van der Waals surface area (Å²) in [6.07, 6.45) is 0. The standard InChI is InChI=1S/C13H18N4O2/c1-14-13-16-11-6-4-3-5-10(11)12(17-13)15-9(7-18)8-19-2/h3-6,9,18H,7-8H2,1-2H3,(H2,14,15,16,17).